The molecule has 0 bridgehead atoms. The number of carbonyl (C=O) groups is 1. The Morgan fingerprint density at radius 3 is 2.40 bits per heavy atom. The second kappa shape index (κ2) is 9.87. The molecule has 0 aromatic heterocycles. The lowest BCUT2D eigenvalue weighted by molar-refractivity contribution is -0.151. The van der Waals surface area contributed by atoms with E-state index in [4.69, 9.17) is 9.47 Å². The number of carbonyl (C=O) groups excluding carboxylic acids is 1. The number of benzene rings is 2. The Kier molecular flexibility index (Phi) is 7.52. The molecule has 0 N–H and O–H groups in total. The maximum absolute atomic E-state index is 12.4. The van der Waals surface area contributed by atoms with E-state index in [9.17, 15) is 4.79 Å². The first-order valence-corrected chi connectivity index (χ1v) is 9.08. The molecule has 0 spiro atoms. The minimum Gasteiger partial charge on any atom is -0.461 e. The Labute approximate surface area is 151 Å². The summed E-state index contributed by atoms with van der Waals surface area (Å²) in [5.74, 6) is 1.70. The molecule has 2 aromatic carbocycles. The largest absolute Gasteiger partial charge is 0.461 e. The Morgan fingerprint density at radius 1 is 1.00 bits per heavy atom. The fourth-order valence-corrected chi connectivity index (χ4v) is 2.73. The molecule has 1 unspecified atom stereocenters. The zero-order chi connectivity index (χ0) is 18.1. The predicted octanol–water partition coefficient (Wildman–Crippen LogP) is 5.98. The molecule has 0 radical (unpaired) electrons. The lowest BCUT2D eigenvalue weighted by Crippen LogP contribution is -2.22. The molecule has 0 saturated heterocycles. The van der Waals surface area contributed by atoms with Crippen molar-refractivity contribution in [2.75, 3.05) is 0 Å². The maximum Gasteiger partial charge on any atom is 0.309 e. The number of para-hydroxylation sites is 1. The minimum atomic E-state index is -0.0992. The van der Waals surface area contributed by atoms with Crippen LogP contribution in [-0.4, -0.2) is 5.97 Å². The van der Waals surface area contributed by atoms with Crippen molar-refractivity contribution in [1.29, 1.82) is 0 Å². The van der Waals surface area contributed by atoms with Crippen LogP contribution in [0.5, 0.6) is 11.5 Å². The highest BCUT2D eigenvalue weighted by Crippen LogP contribution is 2.23. The van der Waals surface area contributed by atoms with E-state index in [0.717, 1.165) is 36.3 Å². The van der Waals surface area contributed by atoms with Gasteiger partial charge >= 0.3 is 5.97 Å². The van der Waals surface area contributed by atoms with Gasteiger partial charge in [0.25, 0.3) is 0 Å². The van der Waals surface area contributed by atoms with Crippen molar-refractivity contribution in [3.8, 4) is 11.5 Å². The third kappa shape index (κ3) is 6.26. The molecule has 3 nitrogen and oxygen atoms in total. The third-order valence-corrected chi connectivity index (χ3v) is 4.23. The van der Waals surface area contributed by atoms with E-state index < -0.39 is 0 Å². The van der Waals surface area contributed by atoms with Gasteiger partial charge in [0.2, 0.25) is 0 Å². The minimum absolute atomic E-state index is 0.0244. The summed E-state index contributed by atoms with van der Waals surface area (Å²) in [5.41, 5.74) is 0.930. The van der Waals surface area contributed by atoms with Crippen LogP contribution in [0.4, 0.5) is 0 Å². The topological polar surface area (TPSA) is 35.5 Å². The van der Waals surface area contributed by atoms with Gasteiger partial charge in [0.1, 0.15) is 18.1 Å². The van der Waals surface area contributed by atoms with Crippen LogP contribution < -0.4 is 4.74 Å². The number of hydrogen-bond donors (Lipinski definition) is 0. The van der Waals surface area contributed by atoms with Crippen molar-refractivity contribution in [3.05, 3.63) is 60.2 Å². The van der Waals surface area contributed by atoms with Crippen molar-refractivity contribution in [3.63, 3.8) is 0 Å². The summed E-state index contributed by atoms with van der Waals surface area (Å²) in [6, 6.07) is 17.3. The van der Waals surface area contributed by atoms with Crippen LogP contribution in [0.3, 0.4) is 0 Å². The highest BCUT2D eigenvalue weighted by Gasteiger charge is 2.23. The van der Waals surface area contributed by atoms with Gasteiger partial charge in [-0.15, -0.1) is 0 Å². The van der Waals surface area contributed by atoms with Gasteiger partial charge in [-0.25, -0.2) is 0 Å². The van der Waals surface area contributed by atoms with Crippen LogP contribution in [0, 0.1) is 11.8 Å². The summed E-state index contributed by atoms with van der Waals surface area (Å²) in [7, 11) is 0. The molecule has 2 rings (SSSR count). The maximum atomic E-state index is 12.4. The summed E-state index contributed by atoms with van der Waals surface area (Å²) in [6.45, 7) is 6.58. The van der Waals surface area contributed by atoms with Gasteiger partial charge in [0.15, 0.2) is 0 Å². The van der Waals surface area contributed by atoms with Crippen molar-refractivity contribution >= 4 is 5.97 Å². The fourth-order valence-electron chi connectivity index (χ4n) is 2.73. The highest BCUT2D eigenvalue weighted by atomic mass is 16.5. The second-order valence-corrected chi connectivity index (χ2v) is 6.66. The molecular weight excluding hydrogens is 312 g/mol. The van der Waals surface area contributed by atoms with E-state index in [2.05, 4.69) is 20.8 Å². The van der Waals surface area contributed by atoms with E-state index in [1.165, 1.54) is 0 Å². The van der Waals surface area contributed by atoms with E-state index in [1.54, 1.807) is 0 Å². The number of hydrogen-bond acceptors (Lipinski definition) is 3. The Morgan fingerprint density at radius 2 is 1.72 bits per heavy atom. The molecule has 0 aliphatic rings. The van der Waals surface area contributed by atoms with Crippen LogP contribution in [0.2, 0.25) is 0 Å². The zero-order valence-corrected chi connectivity index (χ0v) is 15.4. The molecule has 0 aliphatic carbocycles. The van der Waals surface area contributed by atoms with Crippen LogP contribution in [0.15, 0.2) is 54.6 Å². The quantitative estimate of drug-likeness (QED) is 0.526. The molecule has 25 heavy (non-hydrogen) atoms. The average molecular weight is 340 g/mol. The van der Waals surface area contributed by atoms with Crippen molar-refractivity contribution in [2.45, 2.75) is 46.6 Å². The Bertz CT molecular complexity index is 649. The van der Waals surface area contributed by atoms with Gasteiger partial charge in [-0.05, 0) is 42.2 Å². The molecular formula is C22H28O3. The summed E-state index contributed by atoms with van der Waals surface area (Å²) in [4.78, 5) is 12.4. The molecule has 3 heteroatoms. The van der Waals surface area contributed by atoms with Crippen LogP contribution >= 0.6 is 0 Å². The lowest BCUT2D eigenvalue weighted by atomic mass is 9.91. The standard InChI is InChI=1S/C22H28O3/c1-4-5-14-21(17(2)3)22(23)24-16-18-10-9-13-20(15-18)25-19-11-7-6-8-12-19/h6-13,15,17,21H,4-5,14,16H2,1-3H3. The fraction of sp³-hybridized carbons (Fsp3) is 0.409. The van der Waals surface area contributed by atoms with Crippen molar-refractivity contribution in [2.24, 2.45) is 11.8 Å². The Hall–Kier alpha value is -2.29. The smallest absolute Gasteiger partial charge is 0.309 e. The van der Waals surface area contributed by atoms with Gasteiger partial charge in [-0.1, -0.05) is 63.9 Å². The Balaban J connectivity index is 1.94. The van der Waals surface area contributed by atoms with Gasteiger partial charge in [0, 0.05) is 0 Å². The summed E-state index contributed by atoms with van der Waals surface area (Å²) in [5, 5.41) is 0. The first-order valence-electron chi connectivity index (χ1n) is 9.08. The van der Waals surface area contributed by atoms with Crippen molar-refractivity contribution in [1.82, 2.24) is 0 Å². The first kappa shape index (κ1) is 19.0. The van der Waals surface area contributed by atoms with Crippen molar-refractivity contribution < 1.29 is 14.3 Å². The predicted molar refractivity (Wildman–Crippen MR) is 101 cm³/mol. The molecule has 1 atom stereocenters. The van der Waals surface area contributed by atoms with Crippen LogP contribution in [0.25, 0.3) is 0 Å². The first-order chi connectivity index (χ1) is 12.1. The van der Waals surface area contributed by atoms with E-state index in [1.807, 2.05) is 54.6 Å². The van der Waals surface area contributed by atoms with Crippen LogP contribution in [-0.2, 0) is 16.1 Å². The molecule has 0 heterocycles. The monoisotopic (exact) mass is 340 g/mol. The summed E-state index contributed by atoms with van der Waals surface area (Å²) < 4.78 is 11.4. The number of unbranched alkanes of at least 4 members (excludes halogenated alkanes) is 1. The van der Waals surface area contributed by atoms with E-state index in [-0.39, 0.29) is 18.5 Å². The van der Waals surface area contributed by atoms with E-state index in [0.29, 0.717) is 5.92 Å². The van der Waals surface area contributed by atoms with Gasteiger partial charge < -0.3 is 9.47 Å². The molecule has 0 fully saturated rings. The zero-order valence-electron chi connectivity index (χ0n) is 15.4. The molecule has 0 saturated carbocycles. The van der Waals surface area contributed by atoms with E-state index >= 15 is 0 Å². The summed E-state index contributed by atoms with van der Waals surface area (Å²) >= 11 is 0. The third-order valence-electron chi connectivity index (χ3n) is 4.23. The lowest BCUT2D eigenvalue weighted by Gasteiger charge is -2.19. The molecule has 2 aromatic rings. The number of rotatable bonds is 9. The summed E-state index contributed by atoms with van der Waals surface area (Å²) in [6.07, 6.45) is 3.04. The second-order valence-electron chi connectivity index (χ2n) is 6.66. The molecule has 0 amide bonds. The van der Waals surface area contributed by atoms with Gasteiger partial charge in [-0.3, -0.25) is 4.79 Å². The normalized spacial score (nSPS) is 12.0. The number of ether oxygens (including phenoxy) is 2. The number of esters is 1. The van der Waals surface area contributed by atoms with Gasteiger partial charge in [0.05, 0.1) is 5.92 Å². The SMILES string of the molecule is CCCCC(C(=O)OCc1cccc(Oc2ccccc2)c1)C(C)C. The van der Waals surface area contributed by atoms with Gasteiger partial charge in [-0.2, -0.15) is 0 Å². The molecule has 0 aliphatic heterocycles. The highest BCUT2D eigenvalue weighted by molar-refractivity contribution is 5.72. The molecule has 134 valence electrons. The average Bonchev–Trinajstić information content (AvgIpc) is 2.61. The van der Waals surface area contributed by atoms with Crippen LogP contribution in [0.1, 0.15) is 45.6 Å².